The number of anilines is 1. The maximum atomic E-state index is 11.6. The summed E-state index contributed by atoms with van der Waals surface area (Å²) in [5.74, 6) is 2.25. The van der Waals surface area contributed by atoms with Gasteiger partial charge in [-0.1, -0.05) is 52.5 Å². The van der Waals surface area contributed by atoms with Crippen LogP contribution in [0.2, 0.25) is 0 Å². The molecule has 0 spiro atoms. The number of nitrogens with zero attached hydrogens (tertiary/aromatic N) is 1. The fraction of sp³-hybridized carbons (Fsp3) is 0.481. The number of hydrogen-bond acceptors (Lipinski definition) is 8. The first-order valence-electron chi connectivity index (χ1n) is 12.5. The van der Waals surface area contributed by atoms with E-state index in [1.54, 1.807) is 13.2 Å². The van der Waals surface area contributed by atoms with Crippen molar-refractivity contribution in [3.8, 4) is 17.2 Å². The fourth-order valence-electron chi connectivity index (χ4n) is 3.19. The standard InChI is InChI=1S/C12H18O4S.C9H8N2O3S.C4H8.C2H6/c1-4-16-12-9-10(5-6-11(12)15-2)7-8-17(3,13)14;12-4-10-6-1-2-7(13)5-3-11(15)9(14)8(5)6;1-4-2-3-4;1-2/h5-6,9H,4,7-8H2,1-3H3;1-2,4,13,15H,3H2,(H,10,12);4H,2-3H2,1H3;1-2H3. The molecule has 0 atom stereocenters. The molecule has 11 heteroatoms. The molecular weight excluding hydrogens is 528 g/mol. The van der Waals surface area contributed by atoms with E-state index < -0.39 is 9.84 Å². The zero-order valence-electron chi connectivity index (χ0n) is 23.0. The minimum Gasteiger partial charge on any atom is -0.508 e. The molecule has 1 saturated carbocycles. The number of aryl methyl sites for hydroxylation is 1. The van der Waals surface area contributed by atoms with Crippen molar-refractivity contribution in [2.75, 3.05) is 31.0 Å². The monoisotopic (exact) mass is 568 g/mol. The molecular formula is C27H40N2O7S2. The normalized spacial score (nSPS) is 13.4. The number of nitrogens with one attached hydrogen (secondary N) is 1. The number of carbonyl (C=O) groups excluding carboxylic acids is 2. The van der Waals surface area contributed by atoms with Gasteiger partial charge in [0, 0.05) is 11.8 Å². The van der Waals surface area contributed by atoms with Crippen LogP contribution in [0.1, 0.15) is 62.0 Å². The Morgan fingerprint density at radius 2 is 1.82 bits per heavy atom. The van der Waals surface area contributed by atoms with Crippen LogP contribution in [0.15, 0.2) is 30.3 Å². The number of ether oxygens (including phenoxy) is 2. The number of carbonyl (C=O) groups is 2. The van der Waals surface area contributed by atoms with Crippen LogP contribution in [0, 0.1) is 5.92 Å². The van der Waals surface area contributed by atoms with E-state index in [4.69, 9.17) is 9.47 Å². The third-order valence-corrected chi connectivity index (χ3v) is 6.68. The first-order valence-corrected chi connectivity index (χ1v) is 15.0. The van der Waals surface area contributed by atoms with Gasteiger partial charge in [0.2, 0.25) is 6.41 Å². The molecule has 2 aromatic carbocycles. The second-order valence-corrected chi connectivity index (χ2v) is 11.3. The molecule has 0 saturated heterocycles. The van der Waals surface area contributed by atoms with Gasteiger partial charge in [-0.25, -0.2) is 8.42 Å². The lowest BCUT2D eigenvalue weighted by atomic mass is 10.1. The molecule has 1 aliphatic carbocycles. The molecule has 2 aromatic rings. The average molecular weight is 569 g/mol. The highest BCUT2D eigenvalue weighted by Crippen LogP contribution is 2.36. The van der Waals surface area contributed by atoms with Gasteiger partial charge in [0.1, 0.15) is 15.6 Å². The van der Waals surface area contributed by atoms with Gasteiger partial charge in [-0.15, -0.1) is 0 Å². The predicted octanol–water partition coefficient (Wildman–Crippen LogP) is 4.88. The van der Waals surface area contributed by atoms with E-state index in [-0.39, 0.29) is 24.0 Å². The number of benzene rings is 2. The van der Waals surface area contributed by atoms with E-state index in [0.717, 1.165) is 11.5 Å². The summed E-state index contributed by atoms with van der Waals surface area (Å²) < 4.78 is 33.9. The van der Waals surface area contributed by atoms with Crippen molar-refractivity contribution in [2.24, 2.45) is 5.92 Å². The number of sulfone groups is 1. The second-order valence-electron chi connectivity index (χ2n) is 8.59. The molecule has 0 unspecified atom stereocenters. The minimum absolute atomic E-state index is 0.0337. The number of phenolic OH excluding ortho intramolecular Hbond substituents is 1. The molecule has 4 rings (SSSR count). The van der Waals surface area contributed by atoms with Gasteiger partial charge < -0.3 is 19.9 Å². The van der Waals surface area contributed by atoms with E-state index in [1.807, 2.05) is 32.9 Å². The molecule has 212 valence electrons. The molecule has 1 heterocycles. The minimum atomic E-state index is -2.94. The van der Waals surface area contributed by atoms with Crippen molar-refractivity contribution in [1.82, 2.24) is 4.31 Å². The summed E-state index contributed by atoms with van der Waals surface area (Å²) in [5, 5.41) is 11.9. The summed E-state index contributed by atoms with van der Waals surface area (Å²) >= 11 is 3.95. The number of amides is 2. The molecule has 0 aromatic heterocycles. The molecule has 2 N–H and O–H groups in total. The molecule has 38 heavy (non-hydrogen) atoms. The van der Waals surface area contributed by atoms with Gasteiger partial charge in [-0.2, -0.15) is 0 Å². The van der Waals surface area contributed by atoms with E-state index in [9.17, 15) is 23.1 Å². The van der Waals surface area contributed by atoms with Crippen molar-refractivity contribution < 1.29 is 32.6 Å². The summed E-state index contributed by atoms with van der Waals surface area (Å²) in [6, 6.07) is 8.39. The Hall–Kier alpha value is -2.92. The van der Waals surface area contributed by atoms with Gasteiger partial charge in [0.05, 0.1) is 37.3 Å². The molecule has 2 amide bonds. The number of fused-ring (bicyclic) bond motifs is 1. The van der Waals surface area contributed by atoms with E-state index >= 15 is 0 Å². The van der Waals surface area contributed by atoms with Crippen LogP contribution in [0.3, 0.4) is 0 Å². The Morgan fingerprint density at radius 3 is 2.32 bits per heavy atom. The summed E-state index contributed by atoms with van der Waals surface area (Å²) in [6.07, 6.45) is 5.18. The first-order chi connectivity index (χ1) is 18.0. The summed E-state index contributed by atoms with van der Waals surface area (Å²) in [5.41, 5.74) is 2.11. The van der Waals surface area contributed by atoms with Gasteiger partial charge in [0.25, 0.3) is 5.91 Å². The van der Waals surface area contributed by atoms with Crippen molar-refractivity contribution in [2.45, 2.75) is 53.5 Å². The topological polar surface area (TPSA) is 122 Å². The zero-order valence-corrected chi connectivity index (χ0v) is 24.7. The van der Waals surface area contributed by atoms with Crippen LogP contribution < -0.4 is 14.8 Å². The van der Waals surface area contributed by atoms with Gasteiger partial charge in [-0.3, -0.25) is 13.9 Å². The zero-order chi connectivity index (χ0) is 28.9. The molecule has 0 radical (unpaired) electrons. The number of phenols is 1. The molecule has 2 aliphatic rings. The number of thiol groups is 1. The predicted molar refractivity (Wildman–Crippen MR) is 154 cm³/mol. The van der Waals surface area contributed by atoms with E-state index in [0.29, 0.717) is 47.8 Å². The lowest BCUT2D eigenvalue weighted by Crippen LogP contribution is -2.12. The first kappa shape index (κ1) is 33.1. The van der Waals surface area contributed by atoms with Crippen LogP contribution >= 0.6 is 12.8 Å². The third-order valence-electron chi connectivity index (χ3n) is 5.41. The van der Waals surface area contributed by atoms with Gasteiger partial charge >= 0.3 is 0 Å². The third kappa shape index (κ3) is 10.8. The SMILES string of the molecule is CC.CC1CC1.CCOc1cc(CCS(C)(=O)=O)ccc1OC.O=CNc1ccc(O)c2c1C(=O)N(S)C2. The van der Waals surface area contributed by atoms with Gasteiger partial charge in [-0.05, 0) is 49.1 Å². The van der Waals surface area contributed by atoms with Crippen molar-refractivity contribution in [1.29, 1.82) is 0 Å². The van der Waals surface area contributed by atoms with Crippen LogP contribution in [-0.4, -0.2) is 55.9 Å². The van der Waals surface area contributed by atoms with E-state index in [2.05, 4.69) is 25.1 Å². The molecule has 1 fully saturated rings. The number of hydrogen-bond donors (Lipinski definition) is 3. The fourth-order valence-corrected chi connectivity index (χ4v) is 4.04. The Labute approximate surface area is 232 Å². The maximum absolute atomic E-state index is 11.6. The molecule has 0 bridgehead atoms. The highest BCUT2D eigenvalue weighted by Gasteiger charge is 2.30. The second kappa shape index (κ2) is 16.1. The van der Waals surface area contributed by atoms with Crippen LogP contribution in [0.4, 0.5) is 5.69 Å². The highest BCUT2D eigenvalue weighted by atomic mass is 32.2. The van der Waals surface area contributed by atoms with E-state index in [1.165, 1.54) is 35.5 Å². The summed E-state index contributed by atoms with van der Waals surface area (Å²) in [7, 11) is -1.36. The maximum Gasteiger partial charge on any atom is 0.266 e. The van der Waals surface area contributed by atoms with Crippen LogP contribution in [0.5, 0.6) is 17.2 Å². The summed E-state index contributed by atoms with van der Waals surface area (Å²) in [4.78, 5) is 22.0. The number of methoxy groups -OCH3 is 1. The Balaban J connectivity index is 0.000000314. The average Bonchev–Trinajstić information content (AvgIpc) is 3.61. The van der Waals surface area contributed by atoms with Crippen molar-refractivity contribution in [3.05, 3.63) is 47.0 Å². The van der Waals surface area contributed by atoms with Crippen molar-refractivity contribution in [3.63, 3.8) is 0 Å². The Bertz CT molecular complexity index is 1170. The molecule has 1 aliphatic heterocycles. The van der Waals surface area contributed by atoms with Crippen molar-refractivity contribution >= 4 is 40.7 Å². The molecule has 9 nitrogen and oxygen atoms in total. The Kier molecular flexibility index (Phi) is 14.1. The van der Waals surface area contributed by atoms with Crippen LogP contribution in [0.25, 0.3) is 0 Å². The lowest BCUT2D eigenvalue weighted by Gasteiger charge is -2.10. The summed E-state index contributed by atoms with van der Waals surface area (Å²) in [6.45, 7) is 8.95. The van der Waals surface area contributed by atoms with Crippen LogP contribution in [-0.2, 0) is 27.6 Å². The quantitative estimate of drug-likeness (QED) is 0.236. The lowest BCUT2D eigenvalue weighted by molar-refractivity contribution is -0.105. The highest BCUT2D eigenvalue weighted by molar-refractivity contribution is 7.90. The number of aromatic hydroxyl groups is 1. The smallest absolute Gasteiger partial charge is 0.266 e. The number of rotatable bonds is 8. The Morgan fingerprint density at radius 1 is 1.18 bits per heavy atom. The van der Waals surface area contributed by atoms with Gasteiger partial charge in [0.15, 0.2) is 11.5 Å². The largest absolute Gasteiger partial charge is 0.508 e.